The Morgan fingerprint density at radius 3 is 2.73 bits per heavy atom. The lowest BCUT2D eigenvalue weighted by molar-refractivity contribution is -0.114. The van der Waals surface area contributed by atoms with Gasteiger partial charge in [-0.05, 0) is 30.0 Å². The maximum atomic E-state index is 10.7. The van der Waals surface area contributed by atoms with E-state index in [-0.39, 0.29) is 17.5 Å². The third-order valence-electron chi connectivity index (χ3n) is 2.67. The van der Waals surface area contributed by atoms with Crippen molar-refractivity contribution in [2.75, 3.05) is 0 Å². The van der Waals surface area contributed by atoms with Gasteiger partial charge in [-0.25, -0.2) is 0 Å². The standard InChI is InChI=1S/C12H13ClO2/c13-12(14)8-10-6-7-11(15-10)9-4-2-1-3-5-9/h1-5,10-11H,6-8H2/t10-,11+/m0/s1. The van der Waals surface area contributed by atoms with Gasteiger partial charge in [0.05, 0.1) is 12.2 Å². The molecular weight excluding hydrogens is 212 g/mol. The van der Waals surface area contributed by atoms with E-state index >= 15 is 0 Å². The Balaban J connectivity index is 1.96. The van der Waals surface area contributed by atoms with Crippen molar-refractivity contribution < 1.29 is 9.53 Å². The molecular formula is C12H13ClO2. The summed E-state index contributed by atoms with van der Waals surface area (Å²) in [6.07, 6.45) is 2.34. The van der Waals surface area contributed by atoms with Crippen molar-refractivity contribution in [2.45, 2.75) is 31.5 Å². The van der Waals surface area contributed by atoms with E-state index in [0.29, 0.717) is 6.42 Å². The smallest absolute Gasteiger partial charge is 0.224 e. The van der Waals surface area contributed by atoms with Crippen LogP contribution in [0.5, 0.6) is 0 Å². The molecule has 2 nitrogen and oxygen atoms in total. The predicted molar refractivity (Wildman–Crippen MR) is 58.8 cm³/mol. The number of halogens is 1. The fourth-order valence-corrected chi connectivity index (χ4v) is 2.12. The van der Waals surface area contributed by atoms with Gasteiger partial charge in [0.2, 0.25) is 5.24 Å². The van der Waals surface area contributed by atoms with E-state index in [1.165, 1.54) is 5.56 Å². The first-order chi connectivity index (χ1) is 7.25. The van der Waals surface area contributed by atoms with Crippen molar-refractivity contribution in [3.05, 3.63) is 35.9 Å². The van der Waals surface area contributed by atoms with E-state index in [0.717, 1.165) is 12.8 Å². The van der Waals surface area contributed by atoms with Crippen molar-refractivity contribution in [2.24, 2.45) is 0 Å². The highest BCUT2D eigenvalue weighted by Gasteiger charge is 2.27. The summed E-state index contributed by atoms with van der Waals surface area (Å²) in [4.78, 5) is 10.7. The largest absolute Gasteiger partial charge is 0.370 e. The fourth-order valence-electron chi connectivity index (χ4n) is 1.95. The number of hydrogen-bond donors (Lipinski definition) is 0. The maximum absolute atomic E-state index is 10.7. The zero-order chi connectivity index (χ0) is 10.7. The van der Waals surface area contributed by atoms with Crippen LogP contribution in [0.15, 0.2) is 30.3 Å². The van der Waals surface area contributed by atoms with E-state index in [2.05, 4.69) is 12.1 Å². The summed E-state index contributed by atoms with van der Waals surface area (Å²) in [6, 6.07) is 10.1. The summed E-state index contributed by atoms with van der Waals surface area (Å²) in [7, 11) is 0. The lowest BCUT2D eigenvalue weighted by Crippen LogP contribution is -2.09. The quantitative estimate of drug-likeness (QED) is 0.738. The molecule has 80 valence electrons. The molecule has 1 saturated heterocycles. The van der Waals surface area contributed by atoms with E-state index in [1.807, 2.05) is 18.2 Å². The van der Waals surface area contributed by atoms with Crippen molar-refractivity contribution in [3.63, 3.8) is 0 Å². The molecule has 1 aromatic carbocycles. The van der Waals surface area contributed by atoms with Crippen LogP contribution in [0.2, 0.25) is 0 Å². The molecule has 0 aromatic heterocycles. The lowest BCUT2D eigenvalue weighted by atomic mass is 10.1. The Morgan fingerprint density at radius 1 is 1.33 bits per heavy atom. The number of hydrogen-bond acceptors (Lipinski definition) is 2. The second-order valence-electron chi connectivity index (χ2n) is 3.79. The highest BCUT2D eigenvalue weighted by atomic mass is 35.5. The monoisotopic (exact) mass is 224 g/mol. The number of rotatable bonds is 3. The third kappa shape index (κ3) is 2.80. The van der Waals surface area contributed by atoms with E-state index < -0.39 is 0 Å². The Hall–Kier alpha value is -0.860. The van der Waals surface area contributed by atoms with Crippen LogP contribution in [0.25, 0.3) is 0 Å². The summed E-state index contributed by atoms with van der Waals surface area (Å²) >= 11 is 5.33. The van der Waals surface area contributed by atoms with Gasteiger partial charge in [-0.2, -0.15) is 0 Å². The molecule has 1 heterocycles. The first kappa shape index (κ1) is 10.7. The van der Waals surface area contributed by atoms with Crippen molar-refractivity contribution in [1.29, 1.82) is 0 Å². The van der Waals surface area contributed by atoms with Crippen LogP contribution in [-0.4, -0.2) is 11.3 Å². The lowest BCUT2D eigenvalue weighted by Gasteiger charge is -2.12. The molecule has 1 fully saturated rings. The molecule has 0 spiro atoms. The van der Waals surface area contributed by atoms with Crippen LogP contribution in [-0.2, 0) is 9.53 Å². The summed E-state index contributed by atoms with van der Waals surface area (Å²) < 4.78 is 5.75. The molecule has 0 unspecified atom stereocenters. The Morgan fingerprint density at radius 2 is 2.07 bits per heavy atom. The molecule has 1 aromatic rings. The minimum absolute atomic E-state index is 0.000191. The van der Waals surface area contributed by atoms with Crippen LogP contribution >= 0.6 is 11.6 Å². The summed E-state index contributed by atoms with van der Waals surface area (Å²) in [5, 5.41) is -0.311. The van der Waals surface area contributed by atoms with Crippen LogP contribution in [0.1, 0.15) is 30.9 Å². The van der Waals surface area contributed by atoms with Crippen molar-refractivity contribution in [3.8, 4) is 0 Å². The fraction of sp³-hybridized carbons (Fsp3) is 0.417. The van der Waals surface area contributed by atoms with Gasteiger partial charge in [-0.3, -0.25) is 4.79 Å². The van der Waals surface area contributed by atoms with Gasteiger partial charge in [0.25, 0.3) is 0 Å². The summed E-state index contributed by atoms with van der Waals surface area (Å²) in [5.41, 5.74) is 1.18. The van der Waals surface area contributed by atoms with E-state index in [4.69, 9.17) is 16.3 Å². The first-order valence-electron chi connectivity index (χ1n) is 5.14. The second kappa shape index (κ2) is 4.77. The van der Waals surface area contributed by atoms with Gasteiger partial charge in [0, 0.05) is 6.42 Å². The van der Waals surface area contributed by atoms with Gasteiger partial charge in [0.1, 0.15) is 0 Å². The first-order valence-corrected chi connectivity index (χ1v) is 5.52. The molecule has 1 aliphatic rings. The zero-order valence-electron chi connectivity index (χ0n) is 8.36. The molecule has 0 amide bonds. The topological polar surface area (TPSA) is 26.3 Å². The number of carbonyl (C=O) groups is 1. The van der Waals surface area contributed by atoms with Crippen LogP contribution in [0, 0.1) is 0 Å². The van der Waals surface area contributed by atoms with Crippen LogP contribution in [0.3, 0.4) is 0 Å². The molecule has 2 atom stereocenters. The highest BCUT2D eigenvalue weighted by molar-refractivity contribution is 6.63. The number of carbonyl (C=O) groups excluding carboxylic acids is 1. The highest BCUT2D eigenvalue weighted by Crippen LogP contribution is 2.33. The zero-order valence-corrected chi connectivity index (χ0v) is 9.11. The van der Waals surface area contributed by atoms with Gasteiger partial charge in [-0.15, -0.1) is 0 Å². The van der Waals surface area contributed by atoms with Gasteiger partial charge in [0.15, 0.2) is 0 Å². The molecule has 2 rings (SSSR count). The summed E-state index contributed by atoms with van der Waals surface area (Å²) in [6.45, 7) is 0. The average molecular weight is 225 g/mol. The average Bonchev–Trinajstić information content (AvgIpc) is 2.67. The Labute approximate surface area is 94.2 Å². The maximum Gasteiger partial charge on any atom is 0.224 e. The summed E-state index contributed by atoms with van der Waals surface area (Å²) in [5.74, 6) is 0. The number of benzene rings is 1. The molecule has 0 radical (unpaired) electrons. The Bertz CT molecular complexity index is 337. The molecule has 0 bridgehead atoms. The van der Waals surface area contributed by atoms with E-state index in [9.17, 15) is 4.79 Å². The normalized spacial score (nSPS) is 25.4. The minimum atomic E-state index is -0.311. The van der Waals surface area contributed by atoms with Gasteiger partial charge >= 0.3 is 0 Å². The predicted octanol–water partition coefficient (Wildman–Crippen LogP) is 3.06. The van der Waals surface area contributed by atoms with Gasteiger partial charge in [-0.1, -0.05) is 30.3 Å². The Kier molecular flexibility index (Phi) is 3.39. The molecule has 0 aliphatic carbocycles. The second-order valence-corrected chi connectivity index (χ2v) is 4.22. The number of ether oxygens (including phenoxy) is 1. The van der Waals surface area contributed by atoms with Crippen LogP contribution in [0.4, 0.5) is 0 Å². The van der Waals surface area contributed by atoms with Gasteiger partial charge < -0.3 is 4.74 Å². The molecule has 1 aliphatic heterocycles. The third-order valence-corrected chi connectivity index (χ3v) is 2.82. The SMILES string of the molecule is O=C(Cl)C[C@@H]1CC[C@H](c2ccccc2)O1. The van der Waals surface area contributed by atoms with Crippen molar-refractivity contribution in [1.82, 2.24) is 0 Å². The van der Waals surface area contributed by atoms with E-state index in [1.54, 1.807) is 0 Å². The molecule has 0 saturated carbocycles. The molecule has 0 N–H and O–H groups in total. The molecule has 3 heteroatoms. The molecule has 15 heavy (non-hydrogen) atoms. The van der Waals surface area contributed by atoms with Crippen molar-refractivity contribution >= 4 is 16.8 Å². The minimum Gasteiger partial charge on any atom is -0.370 e. The van der Waals surface area contributed by atoms with Crippen LogP contribution < -0.4 is 0 Å².